The van der Waals surface area contributed by atoms with Gasteiger partial charge in [-0.15, -0.1) is 0 Å². The van der Waals surface area contributed by atoms with Crippen LogP contribution < -0.4 is 0 Å². The summed E-state index contributed by atoms with van der Waals surface area (Å²) >= 11 is 0. The van der Waals surface area contributed by atoms with Crippen LogP contribution in [-0.4, -0.2) is 77.3 Å². The van der Waals surface area contributed by atoms with E-state index in [-0.39, 0.29) is 6.61 Å². The molecule has 2 fully saturated rings. The van der Waals surface area contributed by atoms with E-state index < -0.39 is 0 Å². The summed E-state index contributed by atoms with van der Waals surface area (Å²) in [7, 11) is 0. The number of benzene rings is 2. The molecular weight excluding hydrogens is 394 g/mol. The molecule has 0 aromatic heterocycles. The van der Waals surface area contributed by atoms with Crippen molar-refractivity contribution in [3.05, 3.63) is 59.7 Å². The first-order valence-corrected chi connectivity index (χ1v) is 12.5. The predicted octanol–water partition coefficient (Wildman–Crippen LogP) is 4.40. The first-order valence-electron chi connectivity index (χ1n) is 12.5. The van der Waals surface area contributed by atoms with Crippen LogP contribution in [0.15, 0.2) is 48.5 Å². The van der Waals surface area contributed by atoms with Crippen LogP contribution in [0.1, 0.15) is 44.2 Å². The molecule has 0 spiro atoms. The van der Waals surface area contributed by atoms with Gasteiger partial charge in [0.1, 0.15) is 0 Å². The summed E-state index contributed by atoms with van der Waals surface area (Å²) in [6.45, 7) is 13.8. The third-order valence-corrected chi connectivity index (χ3v) is 7.56. The second-order valence-corrected chi connectivity index (χ2v) is 10.0. The Morgan fingerprint density at radius 1 is 0.969 bits per heavy atom. The van der Waals surface area contributed by atoms with Crippen molar-refractivity contribution in [3.8, 4) is 11.1 Å². The zero-order chi connectivity index (χ0) is 22.5. The van der Waals surface area contributed by atoms with Gasteiger partial charge < -0.3 is 10.0 Å². The van der Waals surface area contributed by atoms with Gasteiger partial charge in [-0.05, 0) is 81.4 Å². The van der Waals surface area contributed by atoms with Gasteiger partial charge in [0.25, 0.3) is 0 Å². The highest BCUT2D eigenvalue weighted by atomic mass is 16.3. The first-order chi connectivity index (χ1) is 15.5. The number of aliphatic hydroxyl groups is 1. The minimum Gasteiger partial charge on any atom is -0.396 e. The van der Waals surface area contributed by atoms with E-state index in [0.29, 0.717) is 18.1 Å². The van der Waals surface area contributed by atoms with E-state index in [9.17, 15) is 5.11 Å². The first kappa shape index (κ1) is 23.4. The third kappa shape index (κ3) is 5.60. The molecule has 2 aliphatic rings. The largest absolute Gasteiger partial charge is 0.396 e. The maximum Gasteiger partial charge on any atom is 0.0446 e. The van der Waals surface area contributed by atoms with E-state index in [1.807, 2.05) is 0 Å². The fourth-order valence-electron chi connectivity index (χ4n) is 5.69. The van der Waals surface area contributed by atoms with E-state index in [4.69, 9.17) is 0 Å². The summed E-state index contributed by atoms with van der Waals surface area (Å²) in [6, 6.07) is 19.5. The molecule has 174 valence electrons. The Hall–Kier alpha value is -1.72. The van der Waals surface area contributed by atoms with Crippen molar-refractivity contribution in [3.63, 3.8) is 0 Å². The van der Waals surface area contributed by atoms with Gasteiger partial charge in [0.15, 0.2) is 0 Å². The van der Waals surface area contributed by atoms with Crippen LogP contribution in [0, 0.1) is 6.92 Å². The van der Waals surface area contributed by atoms with Crippen molar-refractivity contribution in [1.29, 1.82) is 0 Å². The molecule has 2 aromatic carbocycles. The molecule has 2 aromatic rings. The maximum absolute atomic E-state index is 9.76. The van der Waals surface area contributed by atoms with Crippen LogP contribution in [0.25, 0.3) is 11.1 Å². The quantitative estimate of drug-likeness (QED) is 0.698. The summed E-state index contributed by atoms with van der Waals surface area (Å²) in [5, 5.41) is 9.76. The van der Waals surface area contributed by atoms with Gasteiger partial charge in [-0.3, -0.25) is 9.80 Å². The second kappa shape index (κ2) is 10.9. The molecule has 4 nitrogen and oxygen atoms in total. The Labute approximate surface area is 194 Å². The summed E-state index contributed by atoms with van der Waals surface area (Å²) < 4.78 is 0. The van der Waals surface area contributed by atoms with Gasteiger partial charge in [0.2, 0.25) is 0 Å². The highest BCUT2D eigenvalue weighted by Crippen LogP contribution is 2.27. The zero-order valence-electron chi connectivity index (χ0n) is 20.2. The molecule has 4 heteroatoms. The smallest absolute Gasteiger partial charge is 0.0446 e. The number of rotatable bonds is 7. The van der Waals surface area contributed by atoms with Crippen molar-refractivity contribution in [2.45, 2.75) is 64.7 Å². The molecule has 4 rings (SSSR count). The van der Waals surface area contributed by atoms with Gasteiger partial charge in [-0.1, -0.05) is 42.5 Å². The molecule has 0 aliphatic carbocycles. The number of piperidine rings is 1. The average Bonchev–Trinajstić information content (AvgIpc) is 2.80. The monoisotopic (exact) mass is 435 g/mol. The Morgan fingerprint density at radius 2 is 1.75 bits per heavy atom. The van der Waals surface area contributed by atoms with Crippen LogP contribution in [0.3, 0.4) is 0 Å². The zero-order valence-corrected chi connectivity index (χ0v) is 20.2. The molecule has 2 saturated heterocycles. The lowest BCUT2D eigenvalue weighted by atomic mass is 9.96. The summed E-state index contributed by atoms with van der Waals surface area (Å²) in [5.41, 5.74) is 5.34. The van der Waals surface area contributed by atoms with Gasteiger partial charge in [-0.2, -0.15) is 0 Å². The summed E-state index contributed by atoms with van der Waals surface area (Å²) in [5.74, 6) is 0. The number of likely N-dealkylation sites (tertiary alicyclic amines) is 1. The average molecular weight is 436 g/mol. The van der Waals surface area contributed by atoms with E-state index in [2.05, 4.69) is 84.0 Å². The maximum atomic E-state index is 9.76. The molecule has 0 radical (unpaired) electrons. The molecule has 2 heterocycles. The van der Waals surface area contributed by atoms with Crippen LogP contribution >= 0.6 is 0 Å². The van der Waals surface area contributed by atoms with Gasteiger partial charge in [0.05, 0.1) is 0 Å². The fraction of sp³-hybridized carbons (Fsp3) is 0.571. The molecule has 32 heavy (non-hydrogen) atoms. The summed E-state index contributed by atoms with van der Waals surface area (Å²) in [6.07, 6.45) is 3.40. The molecule has 1 N–H and O–H groups in total. The van der Waals surface area contributed by atoms with Crippen LogP contribution in [0.5, 0.6) is 0 Å². The number of nitrogens with zero attached hydrogens (tertiary/aromatic N) is 3. The van der Waals surface area contributed by atoms with Crippen molar-refractivity contribution >= 4 is 0 Å². The minimum absolute atomic E-state index is 0.280. The molecule has 1 atom stereocenters. The van der Waals surface area contributed by atoms with Crippen LogP contribution in [0.4, 0.5) is 0 Å². The van der Waals surface area contributed by atoms with Gasteiger partial charge in [0, 0.05) is 50.9 Å². The highest BCUT2D eigenvalue weighted by Gasteiger charge is 2.33. The molecule has 0 amide bonds. The molecule has 0 saturated carbocycles. The van der Waals surface area contributed by atoms with Crippen molar-refractivity contribution in [2.75, 3.05) is 39.3 Å². The predicted molar refractivity (Wildman–Crippen MR) is 134 cm³/mol. The van der Waals surface area contributed by atoms with E-state index in [1.165, 1.54) is 48.2 Å². The Balaban J connectivity index is 1.39. The minimum atomic E-state index is 0.280. The molecule has 0 unspecified atom stereocenters. The fourth-order valence-corrected chi connectivity index (χ4v) is 5.69. The second-order valence-electron chi connectivity index (χ2n) is 10.0. The topological polar surface area (TPSA) is 30.0 Å². The number of hydrogen-bond donors (Lipinski definition) is 1. The SMILES string of the molecule is Cc1ccccc1-c1cccc(CN2CCN(C3CCN(C(C)C)CC3)[C@@H](CCO)C2)c1. The standard InChI is InChI=1S/C28H41N3O/c1-22(2)30-14-11-26(12-15-30)31-17-16-29(21-27(31)13-18-32)20-24-8-6-9-25(19-24)28-10-5-4-7-23(28)3/h4-10,19,22,26-27,32H,11-18,20-21H2,1-3H3/t27-/m0/s1. The van der Waals surface area contributed by atoms with Crippen molar-refractivity contribution in [1.82, 2.24) is 14.7 Å². The number of piperazine rings is 1. The Bertz CT molecular complexity index is 859. The van der Waals surface area contributed by atoms with E-state index in [1.54, 1.807) is 0 Å². The highest BCUT2D eigenvalue weighted by molar-refractivity contribution is 5.67. The van der Waals surface area contributed by atoms with E-state index >= 15 is 0 Å². The molecular formula is C28H41N3O. The van der Waals surface area contributed by atoms with E-state index in [0.717, 1.165) is 32.6 Å². The normalized spacial score (nSPS) is 22.0. The summed E-state index contributed by atoms with van der Waals surface area (Å²) in [4.78, 5) is 7.93. The van der Waals surface area contributed by atoms with Crippen LogP contribution in [-0.2, 0) is 6.54 Å². The molecule has 0 bridgehead atoms. The number of aliphatic hydroxyl groups excluding tert-OH is 1. The Kier molecular flexibility index (Phi) is 8.01. The molecule has 2 aliphatic heterocycles. The lowest BCUT2D eigenvalue weighted by Gasteiger charge is -2.48. The third-order valence-electron chi connectivity index (χ3n) is 7.56. The van der Waals surface area contributed by atoms with Gasteiger partial charge >= 0.3 is 0 Å². The Morgan fingerprint density at radius 3 is 2.47 bits per heavy atom. The lowest BCUT2D eigenvalue weighted by Crippen LogP contribution is -2.58. The van der Waals surface area contributed by atoms with Crippen molar-refractivity contribution < 1.29 is 5.11 Å². The van der Waals surface area contributed by atoms with Crippen LogP contribution in [0.2, 0.25) is 0 Å². The number of hydrogen-bond acceptors (Lipinski definition) is 4. The number of aryl methyl sites for hydroxylation is 1. The van der Waals surface area contributed by atoms with Crippen molar-refractivity contribution in [2.24, 2.45) is 0 Å². The van der Waals surface area contributed by atoms with Gasteiger partial charge in [-0.25, -0.2) is 0 Å². The lowest BCUT2D eigenvalue weighted by molar-refractivity contribution is -0.0000253.